The summed E-state index contributed by atoms with van der Waals surface area (Å²) in [6, 6.07) is 1.73. The monoisotopic (exact) mass is 239 g/mol. The number of halogens is 5. The van der Waals surface area contributed by atoms with Crippen molar-refractivity contribution in [1.82, 2.24) is 0 Å². The van der Waals surface area contributed by atoms with Gasteiger partial charge in [-0.15, -0.1) is 0 Å². The number of rotatable bonds is 3. The van der Waals surface area contributed by atoms with Crippen molar-refractivity contribution >= 4 is 0 Å². The largest absolute Gasteiger partial charge is 0.419 e. The van der Waals surface area contributed by atoms with Crippen LogP contribution in [0.1, 0.15) is 23.6 Å². The molecule has 0 aliphatic carbocycles. The van der Waals surface area contributed by atoms with Gasteiger partial charge < -0.3 is 5.73 Å². The molecular weight excluding hydrogens is 229 g/mol. The molecule has 1 rings (SSSR count). The van der Waals surface area contributed by atoms with Crippen molar-refractivity contribution in [2.45, 2.75) is 18.6 Å². The zero-order valence-electron chi connectivity index (χ0n) is 8.19. The zero-order chi connectivity index (χ0) is 12.3. The molecule has 16 heavy (non-hydrogen) atoms. The third-order valence-electron chi connectivity index (χ3n) is 2.15. The van der Waals surface area contributed by atoms with Gasteiger partial charge in [-0.3, -0.25) is 4.39 Å². The fourth-order valence-electron chi connectivity index (χ4n) is 1.42. The summed E-state index contributed by atoms with van der Waals surface area (Å²) in [5.41, 5.74) is 3.55. The number of benzene rings is 1. The Morgan fingerprint density at radius 1 is 1.25 bits per heavy atom. The molecule has 0 radical (unpaired) electrons. The summed E-state index contributed by atoms with van der Waals surface area (Å²) in [4.78, 5) is 0. The van der Waals surface area contributed by atoms with Crippen LogP contribution in [0.15, 0.2) is 18.2 Å². The van der Waals surface area contributed by atoms with Crippen LogP contribution in [0.2, 0.25) is 0 Å². The van der Waals surface area contributed by atoms with Crippen molar-refractivity contribution in [3.8, 4) is 0 Å². The van der Waals surface area contributed by atoms with Crippen molar-refractivity contribution in [1.29, 1.82) is 0 Å². The molecule has 0 heterocycles. The van der Waals surface area contributed by atoms with Crippen LogP contribution in [0.3, 0.4) is 0 Å². The Hall–Kier alpha value is -1.17. The lowest BCUT2D eigenvalue weighted by atomic mass is 9.98. The van der Waals surface area contributed by atoms with Gasteiger partial charge in [0.15, 0.2) is 0 Å². The first kappa shape index (κ1) is 12.9. The first-order valence-electron chi connectivity index (χ1n) is 4.55. The fourth-order valence-corrected chi connectivity index (χ4v) is 1.42. The molecule has 0 fully saturated rings. The standard InChI is InChI=1S/C10H10F5N/c11-5-4-8(16)6-2-1-3-7(12)9(6)10(13,14)15/h1-3,8H,4-5,16H2/t8-/m0/s1. The Balaban J connectivity index is 3.23. The second kappa shape index (κ2) is 4.78. The van der Waals surface area contributed by atoms with Crippen LogP contribution in [0.25, 0.3) is 0 Å². The average molecular weight is 239 g/mol. The number of hydrogen-bond acceptors (Lipinski definition) is 1. The van der Waals surface area contributed by atoms with Crippen LogP contribution < -0.4 is 5.73 Å². The smallest absolute Gasteiger partial charge is 0.324 e. The van der Waals surface area contributed by atoms with Crippen LogP contribution in [-0.4, -0.2) is 6.67 Å². The Bertz CT molecular complexity index is 361. The van der Waals surface area contributed by atoms with Crippen molar-refractivity contribution in [3.63, 3.8) is 0 Å². The highest BCUT2D eigenvalue weighted by Crippen LogP contribution is 2.36. The predicted molar refractivity (Wildman–Crippen MR) is 48.9 cm³/mol. The molecule has 1 aromatic rings. The van der Waals surface area contributed by atoms with E-state index in [9.17, 15) is 22.0 Å². The molecule has 1 nitrogen and oxygen atoms in total. The van der Waals surface area contributed by atoms with Crippen LogP contribution in [0.5, 0.6) is 0 Å². The molecule has 0 spiro atoms. The molecule has 1 atom stereocenters. The Labute approximate surface area is 89.1 Å². The Morgan fingerprint density at radius 2 is 1.88 bits per heavy atom. The van der Waals surface area contributed by atoms with Gasteiger partial charge in [0.25, 0.3) is 0 Å². The molecular formula is C10H10F5N. The topological polar surface area (TPSA) is 26.0 Å². The molecule has 0 aromatic heterocycles. The molecule has 6 heteroatoms. The van der Waals surface area contributed by atoms with Gasteiger partial charge in [0.05, 0.1) is 12.2 Å². The Morgan fingerprint density at radius 3 is 2.38 bits per heavy atom. The van der Waals surface area contributed by atoms with Crippen molar-refractivity contribution in [2.24, 2.45) is 5.73 Å². The predicted octanol–water partition coefficient (Wildman–Crippen LogP) is 3.20. The summed E-state index contributed by atoms with van der Waals surface area (Å²) in [5.74, 6) is -1.39. The highest BCUT2D eigenvalue weighted by atomic mass is 19.4. The summed E-state index contributed by atoms with van der Waals surface area (Å²) in [5, 5.41) is 0. The molecule has 90 valence electrons. The minimum Gasteiger partial charge on any atom is -0.324 e. The lowest BCUT2D eigenvalue weighted by Crippen LogP contribution is -2.19. The summed E-state index contributed by atoms with van der Waals surface area (Å²) >= 11 is 0. The minimum absolute atomic E-state index is 0.271. The van der Waals surface area contributed by atoms with Gasteiger partial charge in [-0.05, 0) is 18.1 Å². The van der Waals surface area contributed by atoms with E-state index in [2.05, 4.69) is 0 Å². The van der Waals surface area contributed by atoms with E-state index in [1.54, 1.807) is 0 Å². The van der Waals surface area contributed by atoms with E-state index in [1.165, 1.54) is 0 Å². The molecule has 0 saturated carbocycles. The summed E-state index contributed by atoms with van der Waals surface area (Å²) in [6.45, 7) is -0.852. The first-order valence-corrected chi connectivity index (χ1v) is 4.55. The fraction of sp³-hybridized carbons (Fsp3) is 0.400. The quantitative estimate of drug-likeness (QED) is 0.805. The maximum Gasteiger partial charge on any atom is 0.419 e. The number of nitrogens with two attached hydrogens (primary N) is 1. The molecule has 0 saturated heterocycles. The third kappa shape index (κ3) is 2.69. The molecule has 0 amide bonds. The van der Waals surface area contributed by atoms with Crippen molar-refractivity contribution < 1.29 is 22.0 Å². The second-order valence-electron chi connectivity index (χ2n) is 3.29. The molecule has 0 aliphatic heterocycles. The average Bonchev–Trinajstić information content (AvgIpc) is 2.15. The van der Waals surface area contributed by atoms with E-state index < -0.39 is 35.8 Å². The van der Waals surface area contributed by atoms with Gasteiger partial charge in [-0.25, -0.2) is 4.39 Å². The molecule has 0 bridgehead atoms. The lowest BCUT2D eigenvalue weighted by Gasteiger charge is -2.17. The van der Waals surface area contributed by atoms with Gasteiger partial charge in [0.1, 0.15) is 5.82 Å². The van der Waals surface area contributed by atoms with Crippen LogP contribution >= 0.6 is 0 Å². The molecule has 1 aromatic carbocycles. The highest BCUT2D eigenvalue weighted by Gasteiger charge is 2.37. The number of hydrogen-bond donors (Lipinski definition) is 1. The lowest BCUT2D eigenvalue weighted by molar-refractivity contribution is -0.140. The second-order valence-corrected chi connectivity index (χ2v) is 3.29. The van der Waals surface area contributed by atoms with E-state index in [0.717, 1.165) is 12.1 Å². The van der Waals surface area contributed by atoms with E-state index in [0.29, 0.717) is 6.07 Å². The summed E-state index contributed by atoms with van der Waals surface area (Å²) in [7, 11) is 0. The van der Waals surface area contributed by atoms with Crippen molar-refractivity contribution in [2.75, 3.05) is 6.67 Å². The van der Waals surface area contributed by atoms with Gasteiger partial charge >= 0.3 is 6.18 Å². The zero-order valence-corrected chi connectivity index (χ0v) is 8.19. The van der Waals surface area contributed by atoms with Gasteiger partial charge in [0, 0.05) is 6.04 Å². The summed E-state index contributed by atoms with van der Waals surface area (Å²) < 4.78 is 62.6. The minimum atomic E-state index is -4.82. The Kier molecular flexibility index (Phi) is 3.85. The number of alkyl halides is 4. The maximum absolute atomic E-state index is 13.1. The highest BCUT2D eigenvalue weighted by molar-refractivity contribution is 5.33. The molecule has 2 N–H and O–H groups in total. The molecule has 0 aliphatic rings. The van der Waals surface area contributed by atoms with E-state index in [1.807, 2.05) is 0 Å². The van der Waals surface area contributed by atoms with E-state index >= 15 is 0 Å². The van der Waals surface area contributed by atoms with E-state index in [4.69, 9.17) is 5.73 Å². The van der Waals surface area contributed by atoms with Gasteiger partial charge in [-0.2, -0.15) is 13.2 Å². The van der Waals surface area contributed by atoms with E-state index in [-0.39, 0.29) is 6.42 Å². The van der Waals surface area contributed by atoms with Gasteiger partial charge in [-0.1, -0.05) is 12.1 Å². The first-order chi connectivity index (χ1) is 7.38. The van der Waals surface area contributed by atoms with Crippen LogP contribution in [0.4, 0.5) is 22.0 Å². The van der Waals surface area contributed by atoms with Crippen LogP contribution in [-0.2, 0) is 6.18 Å². The van der Waals surface area contributed by atoms with Crippen molar-refractivity contribution in [3.05, 3.63) is 35.1 Å². The van der Waals surface area contributed by atoms with Gasteiger partial charge in [0.2, 0.25) is 0 Å². The molecule has 0 unspecified atom stereocenters. The normalized spacial score (nSPS) is 13.9. The van der Waals surface area contributed by atoms with Crippen LogP contribution in [0, 0.1) is 5.82 Å². The summed E-state index contributed by atoms with van der Waals surface area (Å²) in [6.07, 6.45) is -5.10. The SMILES string of the molecule is N[C@@H](CCF)c1cccc(F)c1C(F)(F)F. The maximum atomic E-state index is 13.1. The third-order valence-corrected chi connectivity index (χ3v) is 2.15.